The number of methoxy groups -OCH3 is 2. The zero-order valence-corrected chi connectivity index (χ0v) is 19.5. The van der Waals surface area contributed by atoms with Crippen LogP contribution in [0.2, 0.25) is 0 Å². The highest BCUT2D eigenvalue weighted by Gasteiger charge is 2.29. The molecule has 1 aromatic heterocycles. The molecule has 0 aliphatic heterocycles. The van der Waals surface area contributed by atoms with Crippen LogP contribution in [0.4, 0.5) is 0 Å². The van der Waals surface area contributed by atoms with Gasteiger partial charge in [0.1, 0.15) is 5.75 Å². The van der Waals surface area contributed by atoms with Gasteiger partial charge in [0.2, 0.25) is 5.91 Å². The second kappa shape index (κ2) is 9.30. The van der Waals surface area contributed by atoms with E-state index in [1.807, 2.05) is 86.9 Å². The van der Waals surface area contributed by atoms with Gasteiger partial charge in [0.15, 0.2) is 0 Å². The lowest BCUT2D eigenvalue weighted by molar-refractivity contribution is -0.121. The minimum absolute atomic E-state index is 0.103. The Morgan fingerprint density at radius 3 is 2.12 bits per heavy atom. The summed E-state index contributed by atoms with van der Waals surface area (Å²) < 4.78 is 12.4. The fourth-order valence-corrected chi connectivity index (χ4v) is 3.88. The van der Waals surface area contributed by atoms with E-state index in [0.29, 0.717) is 22.6 Å². The van der Waals surface area contributed by atoms with Gasteiger partial charge < -0.3 is 19.4 Å². The van der Waals surface area contributed by atoms with Crippen LogP contribution in [0.5, 0.6) is 5.75 Å². The predicted octanol–water partition coefficient (Wildman–Crippen LogP) is 4.71. The summed E-state index contributed by atoms with van der Waals surface area (Å²) in [4.78, 5) is 25.9. The van der Waals surface area contributed by atoms with Crippen molar-refractivity contribution in [2.45, 2.75) is 39.7 Å². The topological polar surface area (TPSA) is 69.6 Å². The predicted molar refractivity (Wildman–Crippen MR) is 125 cm³/mol. The van der Waals surface area contributed by atoms with Crippen molar-refractivity contribution in [3.8, 4) is 22.6 Å². The zero-order chi connectivity index (χ0) is 23.5. The molecule has 6 nitrogen and oxygen atoms in total. The number of aromatic nitrogens is 1. The molecule has 0 atom stereocenters. The average molecular weight is 435 g/mol. The number of carbonyl (C=O) groups excluding carboxylic acids is 2. The lowest BCUT2D eigenvalue weighted by atomic mass is 9.98. The lowest BCUT2D eigenvalue weighted by Crippen LogP contribution is -2.41. The molecule has 0 aliphatic carbocycles. The lowest BCUT2D eigenvalue weighted by Gasteiger charge is -2.21. The van der Waals surface area contributed by atoms with Crippen LogP contribution in [-0.4, -0.2) is 36.2 Å². The van der Waals surface area contributed by atoms with E-state index >= 15 is 0 Å². The number of nitrogens with one attached hydrogen (secondary N) is 1. The highest BCUT2D eigenvalue weighted by molar-refractivity contribution is 6.01. The third-order valence-corrected chi connectivity index (χ3v) is 5.13. The monoisotopic (exact) mass is 434 g/mol. The van der Waals surface area contributed by atoms with Crippen molar-refractivity contribution in [1.82, 2.24) is 9.88 Å². The van der Waals surface area contributed by atoms with Crippen LogP contribution >= 0.6 is 0 Å². The summed E-state index contributed by atoms with van der Waals surface area (Å²) in [6.07, 6.45) is 0.103. The molecular weight excluding hydrogens is 404 g/mol. The van der Waals surface area contributed by atoms with Crippen molar-refractivity contribution in [2.75, 3.05) is 14.2 Å². The molecule has 32 heavy (non-hydrogen) atoms. The second-order valence-electron chi connectivity index (χ2n) is 8.65. The maximum Gasteiger partial charge on any atom is 0.340 e. The Morgan fingerprint density at radius 1 is 0.969 bits per heavy atom. The summed E-state index contributed by atoms with van der Waals surface area (Å²) >= 11 is 0. The number of hydrogen-bond acceptors (Lipinski definition) is 4. The fraction of sp³-hybridized carbons (Fsp3) is 0.308. The van der Waals surface area contributed by atoms with E-state index < -0.39 is 5.97 Å². The number of nitrogens with zero attached hydrogens (tertiary/aromatic N) is 1. The SMILES string of the molecule is COC(=O)c1c(-c2ccc(OC)cc2)c(CC(=O)NC(C)(C)C)n(-c2ccccc2)c1C. The van der Waals surface area contributed by atoms with Gasteiger partial charge in [-0.3, -0.25) is 4.79 Å². The van der Waals surface area contributed by atoms with Crippen molar-refractivity contribution in [2.24, 2.45) is 0 Å². The minimum atomic E-state index is -0.444. The van der Waals surface area contributed by atoms with Crippen molar-refractivity contribution in [1.29, 1.82) is 0 Å². The van der Waals surface area contributed by atoms with Crippen molar-refractivity contribution in [3.63, 3.8) is 0 Å². The second-order valence-corrected chi connectivity index (χ2v) is 8.65. The molecule has 0 unspecified atom stereocenters. The van der Waals surface area contributed by atoms with Crippen LogP contribution in [0.3, 0.4) is 0 Å². The Hall–Kier alpha value is -3.54. The quantitative estimate of drug-likeness (QED) is 0.571. The first-order chi connectivity index (χ1) is 15.2. The molecule has 3 aromatic rings. The molecule has 0 fully saturated rings. The molecule has 1 amide bonds. The molecule has 3 rings (SSSR count). The summed E-state index contributed by atoms with van der Waals surface area (Å²) in [6.45, 7) is 7.70. The van der Waals surface area contributed by atoms with Crippen LogP contribution < -0.4 is 10.1 Å². The molecule has 168 valence electrons. The Balaban J connectivity index is 2.30. The summed E-state index contributed by atoms with van der Waals surface area (Å²) in [5.41, 5.74) is 3.87. The van der Waals surface area contributed by atoms with Gasteiger partial charge in [-0.25, -0.2) is 4.79 Å². The van der Waals surface area contributed by atoms with E-state index in [4.69, 9.17) is 9.47 Å². The van der Waals surface area contributed by atoms with Crippen LogP contribution in [0.1, 0.15) is 42.5 Å². The van der Waals surface area contributed by atoms with Crippen LogP contribution in [-0.2, 0) is 16.0 Å². The van der Waals surface area contributed by atoms with Gasteiger partial charge in [0.05, 0.1) is 26.2 Å². The van der Waals surface area contributed by atoms with Crippen molar-refractivity contribution >= 4 is 11.9 Å². The summed E-state index contributed by atoms with van der Waals surface area (Å²) in [5.74, 6) is 0.137. The largest absolute Gasteiger partial charge is 0.497 e. The maximum absolute atomic E-state index is 13.0. The van der Waals surface area contributed by atoms with Gasteiger partial charge in [-0.05, 0) is 57.5 Å². The van der Waals surface area contributed by atoms with Gasteiger partial charge in [-0.2, -0.15) is 0 Å². The Bertz CT molecular complexity index is 1110. The molecule has 0 bridgehead atoms. The number of rotatable bonds is 6. The van der Waals surface area contributed by atoms with E-state index in [1.54, 1.807) is 7.11 Å². The van der Waals surface area contributed by atoms with Gasteiger partial charge >= 0.3 is 5.97 Å². The van der Waals surface area contributed by atoms with E-state index in [9.17, 15) is 9.59 Å². The molecule has 0 aliphatic rings. The van der Waals surface area contributed by atoms with Gasteiger partial charge in [0, 0.05) is 28.2 Å². The smallest absolute Gasteiger partial charge is 0.340 e. The average Bonchev–Trinajstić information content (AvgIpc) is 3.04. The first kappa shape index (κ1) is 23.1. The van der Waals surface area contributed by atoms with Crippen LogP contribution in [0.15, 0.2) is 54.6 Å². The third kappa shape index (κ3) is 4.85. The standard InChI is InChI=1S/C26H30N2O4/c1-17-23(25(30)32-6)24(18-12-14-20(31-5)15-13-18)21(16-22(29)27-26(2,3)4)28(17)19-10-8-7-9-11-19/h7-15H,16H2,1-6H3,(H,27,29). The summed E-state index contributed by atoms with van der Waals surface area (Å²) in [5, 5.41) is 3.03. The molecule has 0 saturated carbocycles. The van der Waals surface area contributed by atoms with E-state index in [2.05, 4.69) is 5.32 Å². The Kier molecular flexibility index (Phi) is 6.72. The van der Waals surface area contributed by atoms with Crippen LogP contribution in [0, 0.1) is 6.92 Å². The van der Waals surface area contributed by atoms with Gasteiger partial charge in [0.25, 0.3) is 0 Å². The molecule has 0 spiro atoms. The molecule has 0 saturated heterocycles. The highest BCUT2D eigenvalue weighted by atomic mass is 16.5. The number of hydrogen-bond donors (Lipinski definition) is 1. The Labute approximate surface area is 189 Å². The number of benzene rings is 2. The molecule has 6 heteroatoms. The van der Waals surface area contributed by atoms with Gasteiger partial charge in [-0.15, -0.1) is 0 Å². The minimum Gasteiger partial charge on any atom is -0.497 e. The highest BCUT2D eigenvalue weighted by Crippen LogP contribution is 2.36. The third-order valence-electron chi connectivity index (χ3n) is 5.13. The van der Waals surface area contributed by atoms with Crippen LogP contribution in [0.25, 0.3) is 16.8 Å². The summed E-state index contributed by atoms with van der Waals surface area (Å²) in [7, 11) is 2.97. The number of ether oxygens (including phenoxy) is 2. The maximum atomic E-state index is 13.0. The molecular formula is C26H30N2O4. The molecule has 2 aromatic carbocycles. The first-order valence-corrected chi connectivity index (χ1v) is 10.5. The number of para-hydroxylation sites is 1. The molecule has 1 heterocycles. The number of carbonyl (C=O) groups is 2. The Morgan fingerprint density at radius 2 is 1.59 bits per heavy atom. The van der Waals surface area contributed by atoms with E-state index in [0.717, 1.165) is 16.9 Å². The van der Waals surface area contributed by atoms with Gasteiger partial charge in [-0.1, -0.05) is 30.3 Å². The van der Waals surface area contributed by atoms with Crippen molar-refractivity contribution in [3.05, 3.63) is 71.5 Å². The number of esters is 1. The first-order valence-electron chi connectivity index (χ1n) is 10.5. The number of amides is 1. The normalized spacial score (nSPS) is 11.2. The van der Waals surface area contributed by atoms with Crippen molar-refractivity contribution < 1.29 is 19.1 Å². The summed E-state index contributed by atoms with van der Waals surface area (Å²) in [6, 6.07) is 17.2. The van der Waals surface area contributed by atoms with E-state index in [1.165, 1.54) is 7.11 Å². The van der Waals surface area contributed by atoms with E-state index in [-0.39, 0.29) is 17.9 Å². The fourth-order valence-electron chi connectivity index (χ4n) is 3.88. The zero-order valence-electron chi connectivity index (χ0n) is 19.5. The molecule has 1 N–H and O–H groups in total. The molecule has 0 radical (unpaired) electrons.